The van der Waals surface area contributed by atoms with Gasteiger partial charge in [-0.15, -0.1) is 0 Å². The van der Waals surface area contributed by atoms with Crippen molar-refractivity contribution in [3.8, 4) is 0 Å². The number of rotatable bonds is 45. The van der Waals surface area contributed by atoms with Gasteiger partial charge in [0.1, 0.15) is 73.2 Å². The fourth-order valence-electron chi connectivity index (χ4n) is 10.5. The number of aliphatic hydroxyl groups is 11. The molecule has 19 nitrogen and oxygen atoms in total. The summed E-state index contributed by atoms with van der Waals surface area (Å²) in [5.74, 6) is -0.273. The van der Waals surface area contributed by atoms with Crippen molar-refractivity contribution in [2.75, 3.05) is 26.4 Å². The number of nitrogens with one attached hydrogen (secondary N) is 1. The highest BCUT2D eigenvalue weighted by Crippen LogP contribution is 2.33. The highest BCUT2D eigenvalue weighted by molar-refractivity contribution is 5.76. The van der Waals surface area contributed by atoms with Crippen LogP contribution in [0.4, 0.5) is 0 Å². The quantitative estimate of drug-likeness (QED) is 0.0269. The molecule has 0 aromatic heterocycles. The summed E-state index contributed by atoms with van der Waals surface area (Å²) >= 11 is 0. The molecule has 0 aromatic carbocycles. The van der Waals surface area contributed by atoms with Crippen LogP contribution in [0.1, 0.15) is 219 Å². The molecule has 3 saturated heterocycles. The van der Waals surface area contributed by atoms with Crippen LogP contribution in [0.2, 0.25) is 0 Å². The number of amides is 1. The second-order valence-electron chi connectivity index (χ2n) is 22.2. The minimum atomic E-state index is -1.97. The van der Waals surface area contributed by atoms with Crippen LogP contribution in [0, 0.1) is 0 Å². The van der Waals surface area contributed by atoms with Crippen molar-refractivity contribution in [3.05, 3.63) is 12.2 Å². The molecule has 19 heteroatoms. The number of ether oxygens (including phenoxy) is 6. The van der Waals surface area contributed by atoms with Gasteiger partial charge in [-0.2, -0.15) is 0 Å². The maximum absolute atomic E-state index is 13.3. The summed E-state index contributed by atoms with van der Waals surface area (Å²) in [7, 11) is 0. The number of unbranched alkanes of at least 4 members (excludes halogenated alkanes) is 29. The Balaban J connectivity index is 1.51. The molecule has 0 aromatic rings. The molecule has 1 amide bonds. The van der Waals surface area contributed by atoms with Gasteiger partial charge in [-0.25, -0.2) is 0 Å². The zero-order chi connectivity index (χ0) is 56.2. The lowest BCUT2D eigenvalue weighted by molar-refractivity contribution is -0.379. The summed E-state index contributed by atoms with van der Waals surface area (Å²) < 4.78 is 34.2. The van der Waals surface area contributed by atoms with E-state index in [1.54, 1.807) is 6.08 Å². The third-order valence-electron chi connectivity index (χ3n) is 15.6. The van der Waals surface area contributed by atoms with E-state index in [2.05, 4.69) is 19.2 Å². The molecule has 17 atom stereocenters. The van der Waals surface area contributed by atoms with Crippen LogP contribution in [0.3, 0.4) is 0 Å². The number of aliphatic hydroxyl groups excluding tert-OH is 11. The van der Waals surface area contributed by atoms with Crippen LogP contribution in [-0.4, -0.2) is 193 Å². The molecule has 3 rings (SSSR count). The van der Waals surface area contributed by atoms with Gasteiger partial charge in [-0.3, -0.25) is 4.79 Å². The van der Waals surface area contributed by atoms with Gasteiger partial charge in [-0.05, 0) is 19.3 Å². The van der Waals surface area contributed by atoms with E-state index in [1.165, 1.54) is 148 Å². The molecule has 0 bridgehead atoms. The monoisotopic (exact) mass is 1110 g/mol. The Morgan fingerprint density at radius 3 is 1.22 bits per heavy atom. The zero-order valence-corrected chi connectivity index (χ0v) is 47.2. The SMILES string of the molecule is CCCCCCCCCCCCCCCCC/C=C/C(O)C(COC1OC(CO)C(OC2OC(CO)C(OC3OC(CO)C(O)C(O)C3O)C(O)C2O)C(O)C1O)NC(=O)CCCCCCCCCCCCCCCCC. The van der Waals surface area contributed by atoms with Crippen molar-refractivity contribution in [2.45, 2.75) is 324 Å². The van der Waals surface area contributed by atoms with Crippen LogP contribution in [-0.2, 0) is 33.2 Å². The van der Waals surface area contributed by atoms with Crippen LogP contribution >= 0.6 is 0 Å². The molecule has 3 aliphatic heterocycles. The second kappa shape index (κ2) is 42.4. The second-order valence-corrected chi connectivity index (χ2v) is 22.2. The van der Waals surface area contributed by atoms with Crippen molar-refractivity contribution in [1.29, 1.82) is 0 Å². The maximum Gasteiger partial charge on any atom is 0.220 e. The van der Waals surface area contributed by atoms with Gasteiger partial charge in [0, 0.05) is 6.42 Å². The fraction of sp³-hybridized carbons (Fsp3) is 0.948. The Hall–Kier alpha value is -1.47. The van der Waals surface area contributed by atoms with E-state index in [9.17, 15) is 61.0 Å². The number of hydrogen-bond donors (Lipinski definition) is 12. The summed E-state index contributed by atoms with van der Waals surface area (Å²) in [5, 5.41) is 120. The van der Waals surface area contributed by atoms with Gasteiger partial charge < -0.3 is 89.9 Å². The van der Waals surface area contributed by atoms with E-state index < -0.39 is 124 Å². The van der Waals surface area contributed by atoms with Crippen LogP contribution in [0.25, 0.3) is 0 Å². The van der Waals surface area contributed by atoms with E-state index in [4.69, 9.17) is 28.4 Å². The molecular formula is C58H109NO18. The minimum absolute atomic E-state index is 0.249. The Kier molecular flexibility index (Phi) is 38.4. The molecule has 0 aliphatic carbocycles. The zero-order valence-electron chi connectivity index (χ0n) is 47.2. The number of carbonyl (C=O) groups is 1. The predicted molar refractivity (Wildman–Crippen MR) is 291 cm³/mol. The Bertz CT molecular complexity index is 1460. The van der Waals surface area contributed by atoms with Gasteiger partial charge in [0.25, 0.3) is 0 Å². The Labute approximate surface area is 461 Å². The van der Waals surface area contributed by atoms with Crippen LogP contribution in [0.15, 0.2) is 12.2 Å². The Morgan fingerprint density at radius 1 is 0.455 bits per heavy atom. The van der Waals surface area contributed by atoms with Crippen molar-refractivity contribution in [1.82, 2.24) is 5.32 Å². The smallest absolute Gasteiger partial charge is 0.220 e. The van der Waals surface area contributed by atoms with Gasteiger partial charge in [0.05, 0.1) is 38.6 Å². The predicted octanol–water partition coefficient (Wildman–Crippen LogP) is 5.38. The molecule has 0 radical (unpaired) electrons. The fourth-order valence-corrected chi connectivity index (χ4v) is 10.5. The first-order valence-electron chi connectivity index (χ1n) is 30.4. The third-order valence-corrected chi connectivity index (χ3v) is 15.6. The van der Waals surface area contributed by atoms with Crippen molar-refractivity contribution in [3.63, 3.8) is 0 Å². The highest BCUT2D eigenvalue weighted by atomic mass is 16.8. The molecule has 3 heterocycles. The third kappa shape index (κ3) is 26.5. The van der Waals surface area contributed by atoms with Gasteiger partial charge in [0.2, 0.25) is 5.91 Å². The van der Waals surface area contributed by atoms with Crippen molar-refractivity contribution < 1.29 is 89.4 Å². The standard InChI is InChI=1S/C58H109NO18/c1-3-5-7-9-11-13-15-17-19-20-22-23-25-27-29-31-33-35-42(63)41(59-46(64)36-34-32-30-28-26-24-21-18-16-14-12-10-8-6-4-2)40-72-56-52(70)49(67)54(44(38-61)74-56)77-58-53(71)50(68)55(45(39-62)75-58)76-57-51(69)48(66)47(65)43(37-60)73-57/h33,35,41-45,47-58,60-63,65-71H,3-32,34,36-40H2,1-2H3,(H,59,64)/b35-33+. The molecule has 454 valence electrons. The van der Waals surface area contributed by atoms with Crippen LogP contribution in [0.5, 0.6) is 0 Å². The lowest BCUT2D eigenvalue weighted by Gasteiger charge is -2.48. The minimum Gasteiger partial charge on any atom is -0.394 e. The molecule has 0 spiro atoms. The van der Waals surface area contributed by atoms with Crippen LogP contribution < -0.4 is 5.32 Å². The molecule has 12 N–H and O–H groups in total. The Morgan fingerprint density at radius 2 is 0.805 bits per heavy atom. The summed E-state index contributed by atoms with van der Waals surface area (Å²) in [6.45, 7) is 1.73. The molecule has 77 heavy (non-hydrogen) atoms. The summed E-state index contributed by atoms with van der Waals surface area (Å²) in [5.41, 5.74) is 0. The van der Waals surface area contributed by atoms with Gasteiger partial charge in [-0.1, -0.05) is 206 Å². The van der Waals surface area contributed by atoms with E-state index in [0.29, 0.717) is 6.42 Å². The first-order valence-corrected chi connectivity index (χ1v) is 30.4. The molecule has 0 saturated carbocycles. The maximum atomic E-state index is 13.3. The lowest BCUT2D eigenvalue weighted by Crippen LogP contribution is -2.66. The van der Waals surface area contributed by atoms with Gasteiger partial charge >= 0.3 is 0 Å². The largest absolute Gasteiger partial charge is 0.394 e. The number of hydrogen-bond acceptors (Lipinski definition) is 18. The van der Waals surface area contributed by atoms with Crippen molar-refractivity contribution >= 4 is 5.91 Å². The average Bonchev–Trinajstić information content (AvgIpc) is 3.42. The van der Waals surface area contributed by atoms with Crippen molar-refractivity contribution in [2.24, 2.45) is 0 Å². The van der Waals surface area contributed by atoms with E-state index in [1.807, 2.05) is 6.08 Å². The lowest BCUT2D eigenvalue weighted by atomic mass is 9.96. The molecule has 3 fully saturated rings. The average molecular weight is 1110 g/mol. The molecule has 17 unspecified atom stereocenters. The topological polar surface area (TPSA) is 307 Å². The number of carbonyl (C=O) groups excluding carboxylic acids is 1. The molecule has 3 aliphatic rings. The summed E-state index contributed by atoms with van der Waals surface area (Å²) in [6.07, 6.45) is 14.7. The van der Waals surface area contributed by atoms with E-state index in [-0.39, 0.29) is 18.9 Å². The molecular weight excluding hydrogens is 999 g/mol. The van der Waals surface area contributed by atoms with E-state index >= 15 is 0 Å². The van der Waals surface area contributed by atoms with Gasteiger partial charge in [0.15, 0.2) is 18.9 Å². The first-order chi connectivity index (χ1) is 37.3. The first kappa shape index (κ1) is 69.8. The number of allylic oxidation sites excluding steroid dienone is 1. The van der Waals surface area contributed by atoms with E-state index in [0.717, 1.165) is 44.9 Å². The summed E-state index contributed by atoms with van der Waals surface area (Å²) in [4.78, 5) is 13.3. The summed E-state index contributed by atoms with van der Waals surface area (Å²) in [6, 6.07) is -0.966. The normalized spacial score (nSPS) is 30.7. The highest BCUT2D eigenvalue weighted by Gasteiger charge is 2.53.